The lowest BCUT2D eigenvalue weighted by molar-refractivity contribution is -0.121. The van der Waals surface area contributed by atoms with E-state index in [4.69, 9.17) is 0 Å². The maximum atomic E-state index is 13.0. The molecule has 2 aromatic rings. The van der Waals surface area contributed by atoms with E-state index in [1.54, 1.807) is 16.3 Å². The molecule has 1 saturated carbocycles. The fourth-order valence-corrected chi connectivity index (χ4v) is 3.80. The maximum absolute atomic E-state index is 13.0. The van der Waals surface area contributed by atoms with Crippen molar-refractivity contribution in [2.45, 2.75) is 58.5 Å². The Morgan fingerprint density at radius 1 is 1.23 bits per heavy atom. The van der Waals surface area contributed by atoms with Crippen LogP contribution in [0.3, 0.4) is 0 Å². The van der Waals surface area contributed by atoms with E-state index < -0.39 is 0 Å². The smallest absolute Gasteiger partial charge is 0.254 e. The highest BCUT2D eigenvalue weighted by Gasteiger charge is 2.34. The highest BCUT2D eigenvalue weighted by molar-refractivity contribution is 7.13. The lowest BCUT2D eigenvalue weighted by atomic mass is 10.1. The number of aryl methyl sites for hydroxylation is 1. The van der Waals surface area contributed by atoms with Gasteiger partial charge in [0.2, 0.25) is 11.8 Å². The van der Waals surface area contributed by atoms with E-state index in [1.165, 1.54) is 11.3 Å². The first-order valence-corrected chi connectivity index (χ1v) is 11.2. The number of nitrogens with one attached hydrogen (secondary N) is 2. The zero-order valence-electron chi connectivity index (χ0n) is 17.6. The maximum Gasteiger partial charge on any atom is 0.254 e. The Hall–Kier alpha value is -2.74. The van der Waals surface area contributed by atoms with Crippen molar-refractivity contribution >= 4 is 34.2 Å². The number of benzene rings is 1. The minimum Gasteiger partial charge on any atom is -0.353 e. The molecule has 1 fully saturated rings. The summed E-state index contributed by atoms with van der Waals surface area (Å²) in [4.78, 5) is 43.5. The van der Waals surface area contributed by atoms with Crippen molar-refractivity contribution in [3.8, 4) is 0 Å². The fourth-order valence-electron chi connectivity index (χ4n) is 3.07. The van der Waals surface area contributed by atoms with E-state index in [-0.39, 0.29) is 42.8 Å². The van der Waals surface area contributed by atoms with Gasteiger partial charge in [0, 0.05) is 23.0 Å². The van der Waals surface area contributed by atoms with Crippen LogP contribution in [-0.2, 0) is 16.0 Å². The Morgan fingerprint density at radius 3 is 2.63 bits per heavy atom. The number of carbonyl (C=O) groups excluding carboxylic acids is 3. The van der Waals surface area contributed by atoms with Crippen LogP contribution in [0.5, 0.6) is 0 Å². The number of hydrogen-bond acceptors (Lipinski definition) is 5. The van der Waals surface area contributed by atoms with Crippen LogP contribution in [-0.4, -0.2) is 46.2 Å². The summed E-state index contributed by atoms with van der Waals surface area (Å²) in [5, 5.41) is 7.87. The molecule has 1 atom stereocenters. The quantitative estimate of drug-likeness (QED) is 0.642. The molecule has 1 aromatic carbocycles. The average molecular weight is 429 g/mol. The number of thiazole rings is 1. The molecular weight excluding hydrogens is 400 g/mol. The van der Waals surface area contributed by atoms with Crippen molar-refractivity contribution in [2.24, 2.45) is 0 Å². The van der Waals surface area contributed by atoms with Crippen LogP contribution in [0.4, 0.5) is 5.13 Å². The molecule has 160 valence electrons. The average Bonchev–Trinajstić information content (AvgIpc) is 3.46. The van der Waals surface area contributed by atoms with Crippen LogP contribution >= 0.6 is 11.3 Å². The van der Waals surface area contributed by atoms with Crippen LogP contribution in [0.25, 0.3) is 0 Å². The second kappa shape index (κ2) is 9.84. The molecule has 1 unspecified atom stereocenters. The van der Waals surface area contributed by atoms with Gasteiger partial charge in [-0.25, -0.2) is 4.98 Å². The van der Waals surface area contributed by atoms with Gasteiger partial charge in [-0.2, -0.15) is 0 Å². The van der Waals surface area contributed by atoms with Gasteiger partial charge in [0.15, 0.2) is 5.13 Å². The van der Waals surface area contributed by atoms with E-state index >= 15 is 0 Å². The van der Waals surface area contributed by atoms with Crippen molar-refractivity contribution in [1.29, 1.82) is 0 Å². The number of carbonyl (C=O) groups is 3. The molecule has 0 saturated heterocycles. The number of aromatic nitrogens is 1. The number of nitrogens with zero attached hydrogens (tertiary/aromatic N) is 2. The van der Waals surface area contributed by atoms with Gasteiger partial charge in [-0.1, -0.05) is 25.1 Å². The largest absolute Gasteiger partial charge is 0.353 e. The lowest BCUT2D eigenvalue weighted by Gasteiger charge is -2.22. The van der Waals surface area contributed by atoms with Crippen LogP contribution in [0.1, 0.15) is 54.7 Å². The molecule has 0 radical (unpaired) electrons. The Bertz CT molecular complexity index is 923. The summed E-state index contributed by atoms with van der Waals surface area (Å²) in [5.74, 6) is -0.489. The second-order valence-corrected chi connectivity index (χ2v) is 8.58. The zero-order chi connectivity index (χ0) is 21.7. The summed E-state index contributed by atoms with van der Waals surface area (Å²) >= 11 is 1.28. The van der Waals surface area contributed by atoms with Crippen molar-refractivity contribution in [2.75, 3.05) is 11.9 Å². The van der Waals surface area contributed by atoms with Gasteiger partial charge in [0.25, 0.3) is 5.91 Å². The number of hydrogen-bond donors (Lipinski definition) is 2. The predicted molar refractivity (Wildman–Crippen MR) is 118 cm³/mol. The van der Waals surface area contributed by atoms with Gasteiger partial charge in [-0.05, 0) is 44.7 Å². The van der Waals surface area contributed by atoms with Crippen LogP contribution < -0.4 is 10.6 Å². The number of anilines is 1. The molecule has 0 aliphatic heterocycles. The third-order valence-electron chi connectivity index (χ3n) is 5.10. The molecule has 7 nitrogen and oxygen atoms in total. The monoisotopic (exact) mass is 428 g/mol. The molecule has 30 heavy (non-hydrogen) atoms. The highest BCUT2D eigenvalue weighted by atomic mass is 32.1. The summed E-state index contributed by atoms with van der Waals surface area (Å²) in [6, 6.07) is 7.65. The minimum absolute atomic E-state index is 0.0127. The van der Waals surface area contributed by atoms with Crippen LogP contribution in [0, 0.1) is 6.92 Å². The summed E-state index contributed by atoms with van der Waals surface area (Å²) < 4.78 is 0. The zero-order valence-corrected chi connectivity index (χ0v) is 18.4. The Morgan fingerprint density at radius 2 is 1.97 bits per heavy atom. The summed E-state index contributed by atoms with van der Waals surface area (Å²) in [7, 11) is 0. The van der Waals surface area contributed by atoms with Crippen molar-refractivity contribution in [1.82, 2.24) is 15.2 Å². The van der Waals surface area contributed by atoms with E-state index in [1.807, 2.05) is 39.0 Å². The van der Waals surface area contributed by atoms with Gasteiger partial charge >= 0.3 is 0 Å². The molecule has 1 aliphatic rings. The van der Waals surface area contributed by atoms with Gasteiger partial charge in [-0.15, -0.1) is 11.3 Å². The minimum atomic E-state index is -0.284. The molecule has 0 spiro atoms. The first-order chi connectivity index (χ1) is 14.4. The molecule has 1 aliphatic carbocycles. The topological polar surface area (TPSA) is 91.4 Å². The Balaban J connectivity index is 1.58. The third-order valence-corrected chi connectivity index (χ3v) is 5.90. The molecule has 2 N–H and O–H groups in total. The fraction of sp³-hybridized carbons (Fsp3) is 0.455. The van der Waals surface area contributed by atoms with Gasteiger partial charge in [0.05, 0.1) is 12.1 Å². The van der Waals surface area contributed by atoms with Crippen molar-refractivity contribution in [3.63, 3.8) is 0 Å². The van der Waals surface area contributed by atoms with Gasteiger partial charge in [0.1, 0.15) is 6.54 Å². The van der Waals surface area contributed by atoms with Gasteiger partial charge < -0.3 is 15.5 Å². The standard InChI is InChI=1S/C22H28N4O3S/c1-4-15(3)23-19(27)11-16-13-30-22(24-16)25-20(28)12-26(17-9-10-17)21(29)18-8-6-5-7-14(18)2/h5-8,13,15,17H,4,9-12H2,1-3H3,(H,23,27)(H,24,25,28). The van der Waals surface area contributed by atoms with E-state index in [2.05, 4.69) is 15.6 Å². The molecule has 1 aromatic heterocycles. The molecule has 3 amide bonds. The van der Waals surface area contributed by atoms with Crippen LogP contribution in [0.15, 0.2) is 29.6 Å². The summed E-state index contributed by atoms with van der Waals surface area (Å²) in [6.45, 7) is 5.85. The molecule has 1 heterocycles. The van der Waals surface area contributed by atoms with E-state index in [0.717, 1.165) is 24.8 Å². The number of rotatable bonds is 9. The second-order valence-electron chi connectivity index (χ2n) is 7.72. The van der Waals surface area contributed by atoms with Crippen molar-refractivity contribution in [3.05, 3.63) is 46.5 Å². The molecule has 0 bridgehead atoms. The van der Waals surface area contributed by atoms with Gasteiger partial charge in [-0.3, -0.25) is 14.4 Å². The van der Waals surface area contributed by atoms with E-state index in [0.29, 0.717) is 16.4 Å². The lowest BCUT2D eigenvalue weighted by Crippen LogP contribution is -2.39. The summed E-state index contributed by atoms with van der Waals surface area (Å²) in [5.41, 5.74) is 2.14. The Kier molecular flexibility index (Phi) is 7.20. The normalized spacial score (nSPS) is 14.1. The predicted octanol–water partition coefficient (Wildman–Crippen LogP) is 3.15. The van der Waals surface area contributed by atoms with Crippen LogP contribution in [0.2, 0.25) is 0 Å². The summed E-state index contributed by atoms with van der Waals surface area (Å²) in [6.07, 6.45) is 2.87. The molecule has 3 rings (SSSR count). The van der Waals surface area contributed by atoms with E-state index in [9.17, 15) is 14.4 Å². The highest BCUT2D eigenvalue weighted by Crippen LogP contribution is 2.29. The first-order valence-electron chi connectivity index (χ1n) is 10.3. The SMILES string of the molecule is CCC(C)NC(=O)Cc1csc(NC(=O)CN(C(=O)c2ccccc2C)C2CC2)n1. The molecule has 8 heteroatoms. The first kappa shape index (κ1) is 22.0. The Labute approximate surface area is 180 Å². The molecular formula is C22H28N4O3S. The number of amides is 3. The van der Waals surface area contributed by atoms with Crippen molar-refractivity contribution < 1.29 is 14.4 Å². The third kappa shape index (κ3) is 5.89.